The highest BCUT2D eigenvalue weighted by Gasteiger charge is 2.32. The number of nitrogens with zero attached hydrogens (tertiary/aromatic N) is 1. The zero-order valence-electron chi connectivity index (χ0n) is 23.9. The highest BCUT2D eigenvalue weighted by Crippen LogP contribution is 2.34. The van der Waals surface area contributed by atoms with Crippen LogP contribution in [-0.2, 0) is 17.9 Å². The van der Waals surface area contributed by atoms with Crippen molar-refractivity contribution in [2.45, 2.75) is 64.0 Å². The van der Waals surface area contributed by atoms with E-state index in [0.717, 1.165) is 18.9 Å². The normalized spacial score (nSPS) is 13.6. The average Bonchev–Trinajstić information content (AvgIpc) is 3.00. The van der Waals surface area contributed by atoms with Gasteiger partial charge in [0.2, 0.25) is 0 Å². The van der Waals surface area contributed by atoms with Crippen molar-refractivity contribution < 1.29 is 42.5 Å². The molecule has 0 aliphatic heterocycles. The molecule has 0 radical (unpaired) electrons. The second-order valence-electron chi connectivity index (χ2n) is 10.6. The number of anilines is 2. The van der Waals surface area contributed by atoms with E-state index in [-0.39, 0.29) is 30.8 Å². The summed E-state index contributed by atoms with van der Waals surface area (Å²) in [5.41, 5.74) is 2.79. The number of hydrogen-bond acceptors (Lipinski definition) is 5. The Balaban J connectivity index is 1.55. The Bertz CT molecular complexity index is 1440. The molecule has 0 saturated heterocycles. The molecule has 4 N–H and O–H groups in total. The van der Waals surface area contributed by atoms with Gasteiger partial charge in [-0.25, -0.2) is 4.79 Å². The van der Waals surface area contributed by atoms with Crippen LogP contribution in [0.2, 0.25) is 0 Å². The molecule has 1 aliphatic rings. The van der Waals surface area contributed by atoms with E-state index in [2.05, 4.69) is 15.4 Å². The van der Waals surface area contributed by atoms with E-state index in [4.69, 9.17) is 5.11 Å². The quantitative estimate of drug-likeness (QED) is 0.194. The molecule has 0 atom stereocenters. The summed E-state index contributed by atoms with van der Waals surface area (Å²) in [5, 5.41) is 23.6. The number of ether oxygens (including phenoxy) is 1. The maximum absolute atomic E-state index is 13.6. The lowest BCUT2D eigenvalue weighted by Gasteiger charge is -2.26. The van der Waals surface area contributed by atoms with Crippen molar-refractivity contribution in [3.05, 3.63) is 89.0 Å². The molecule has 0 unspecified atom stereocenters. The van der Waals surface area contributed by atoms with E-state index in [1.807, 2.05) is 24.3 Å². The number of carbonyl (C=O) groups excluding carboxylic acids is 2. The lowest BCUT2D eigenvalue weighted by atomic mass is 9.84. The second-order valence-corrected chi connectivity index (χ2v) is 10.6. The topological polar surface area (TPSA) is 128 Å². The summed E-state index contributed by atoms with van der Waals surface area (Å²) in [6.07, 6.45) is 0.665. The van der Waals surface area contributed by atoms with Crippen LogP contribution < -0.4 is 20.3 Å². The molecule has 1 aliphatic carbocycles. The number of carboxylic acid groups (broad SMARTS) is 1. The van der Waals surface area contributed by atoms with Crippen molar-refractivity contribution in [2.75, 3.05) is 16.8 Å². The van der Waals surface area contributed by atoms with Gasteiger partial charge in [0.15, 0.2) is 0 Å². The predicted molar refractivity (Wildman–Crippen MR) is 158 cm³/mol. The number of rotatable bonds is 11. The first-order valence-electron chi connectivity index (χ1n) is 14.3. The van der Waals surface area contributed by atoms with Crippen LogP contribution in [0.3, 0.4) is 0 Å². The van der Waals surface area contributed by atoms with Crippen molar-refractivity contribution in [2.24, 2.45) is 0 Å². The fourth-order valence-electron chi connectivity index (χ4n) is 5.17. The molecule has 1 fully saturated rings. The predicted octanol–water partition coefficient (Wildman–Crippen LogP) is 6.57. The molecule has 0 bridgehead atoms. The summed E-state index contributed by atoms with van der Waals surface area (Å²) in [4.78, 5) is 38.1. The summed E-state index contributed by atoms with van der Waals surface area (Å²) in [5.74, 6) is -1.56. The molecule has 0 aromatic heterocycles. The Morgan fingerprint density at radius 1 is 0.932 bits per heavy atom. The standard InChI is InChI=1S/C32H34F3N3O6/c33-32(34,35)44-28-15-12-26(18-25(28)20-39)37-31(43)38(27-13-10-23(11-14-27)22-4-2-1-3-5-22)19-21-6-8-24(9-7-21)30(42)36-17-16-29(40)41/h6-15,18,22,39H,1-5,16-17,19-20H2,(H,36,42)(H,37,43)(H,40,41). The molecule has 3 amide bonds. The van der Waals surface area contributed by atoms with Gasteiger partial charge in [0.1, 0.15) is 5.75 Å². The fraction of sp³-hybridized carbons (Fsp3) is 0.344. The van der Waals surface area contributed by atoms with E-state index >= 15 is 0 Å². The Morgan fingerprint density at radius 2 is 1.61 bits per heavy atom. The molecule has 9 nitrogen and oxygen atoms in total. The molecule has 0 heterocycles. The molecule has 234 valence electrons. The number of benzene rings is 3. The number of amides is 3. The summed E-state index contributed by atoms with van der Waals surface area (Å²) >= 11 is 0. The van der Waals surface area contributed by atoms with Gasteiger partial charge in [0, 0.05) is 29.0 Å². The number of aliphatic carboxylic acids is 1. The minimum Gasteiger partial charge on any atom is -0.481 e. The van der Waals surface area contributed by atoms with E-state index in [9.17, 15) is 32.7 Å². The molecular formula is C32H34F3N3O6. The van der Waals surface area contributed by atoms with Crippen LogP contribution in [0.15, 0.2) is 66.7 Å². The van der Waals surface area contributed by atoms with Gasteiger partial charge >= 0.3 is 18.4 Å². The number of aliphatic hydroxyl groups is 1. The maximum Gasteiger partial charge on any atom is 0.573 e. The SMILES string of the molecule is O=C(O)CCNC(=O)c1ccc(CN(C(=O)Nc2ccc(OC(F)(F)F)c(CO)c2)c2ccc(C3CCCCC3)cc2)cc1. The van der Waals surface area contributed by atoms with Crippen molar-refractivity contribution in [1.29, 1.82) is 0 Å². The summed E-state index contributed by atoms with van der Waals surface area (Å²) in [6.45, 7) is -0.655. The molecule has 44 heavy (non-hydrogen) atoms. The van der Waals surface area contributed by atoms with Crippen LogP contribution in [0.5, 0.6) is 5.75 Å². The fourth-order valence-corrected chi connectivity index (χ4v) is 5.17. The van der Waals surface area contributed by atoms with Gasteiger partial charge in [-0.15, -0.1) is 13.2 Å². The third-order valence-corrected chi connectivity index (χ3v) is 7.42. The zero-order chi connectivity index (χ0) is 31.7. The number of nitrogens with one attached hydrogen (secondary N) is 2. The number of alkyl halides is 3. The van der Waals surface area contributed by atoms with E-state index in [1.165, 1.54) is 41.9 Å². The summed E-state index contributed by atoms with van der Waals surface area (Å²) in [6, 6.07) is 17.1. The van der Waals surface area contributed by atoms with Gasteiger partial charge in [-0.05, 0) is 72.4 Å². The molecule has 1 saturated carbocycles. The van der Waals surface area contributed by atoms with Gasteiger partial charge in [0.05, 0.1) is 19.6 Å². The van der Waals surface area contributed by atoms with Gasteiger partial charge < -0.3 is 25.6 Å². The Kier molecular flexibility index (Phi) is 10.8. The van der Waals surface area contributed by atoms with Gasteiger partial charge in [0.25, 0.3) is 5.91 Å². The summed E-state index contributed by atoms with van der Waals surface area (Å²) in [7, 11) is 0. The smallest absolute Gasteiger partial charge is 0.481 e. The highest BCUT2D eigenvalue weighted by molar-refractivity contribution is 6.02. The monoisotopic (exact) mass is 613 g/mol. The first-order chi connectivity index (χ1) is 21.0. The average molecular weight is 614 g/mol. The third kappa shape index (κ3) is 9.21. The number of urea groups is 1. The first-order valence-corrected chi connectivity index (χ1v) is 14.3. The Hall–Kier alpha value is -4.58. The van der Waals surface area contributed by atoms with E-state index in [1.54, 1.807) is 24.3 Å². The molecule has 3 aromatic rings. The number of carboxylic acids is 1. The molecule has 4 rings (SSSR count). The molecule has 3 aromatic carbocycles. The van der Waals surface area contributed by atoms with Gasteiger partial charge in [-0.2, -0.15) is 0 Å². The van der Waals surface area contributed by atoms with E-state index < -0.39 is 36.6 Å². The van der Waals surface area contributed by atoms with E-state index in [0.29, 0.717) is 22.7 Å². The first kappa shape index (κ1) is 32.3. The minimum atomic E-state index is -4.94. The molecular weight excluding hydrogens is 579 g/mol. The maximum atomic E-state index is 13.6. The number of halogens is 3. The van der Waals surface area contributed by atoms with Crippen LogP contribution >= 0.6 is 0 Å². The van der Waals surface area contributed by atoms with Gasteiger partial charge in [-0.1, -0.05) is 43.5 Å². The zero-order valence-corrected chi connectivity index (χ0v) is 23.9. The van der Waals surface area contributed by atoms with Crippen LogP contribution in [0.1, 0.15) is 71.5 Å². The van der Waals surface area contributed by atoms with Crippen molar-refractivity contribution >= 4 is 29.3 Å². The van der Waals surface area contributed by atoms with Crippen molar-refractivity contribution in [1.82, 2.24) is 5.32 Å². The summed E-state index contributed by atoms with van der Waals surface area (Å²) < 4.78 is 42.2. The van der Waals surface area contributed by atoms with Crippen LogP contribution in [0.4, 0.5) is 29.3 Å². The lowest BCUT2D eigenvalue weighted by Crippen LogP contribution is -2.34. The Labute approximate surface area is 252 Å². The number of hydrogen-bond donors (Lipinski definition) is 4. The second kappa shape index (κ2) is 14.7. The Morgan fingerprint density at radius 3 is 2.23 bits per heavy atom. The third-order valence-electron chi connectivity index (χ3n) is 7.42. The minimum absolute atomic E-state index is 0.0119. The number of carbonyl (C=O) groups is 3. The van der Waals surface area contributed by atoms with Crippen LogP contribution in [0, 0.1) is 0 Å². The molecule has 0 spiro atoms. The number of aliphatic hydroxyl groups excluding tert-OH is 1. The highest BCUT2D eigenvalue weighted by atomic mass is 19.4. The van der Waals surface area contributed by atoms with Crippen LogP contribution in [0.25, 0.3) is 0 Å². The van der Waals surface area contributed by atoms with Crippen molar-refractivity contribution in [3.63, 3.8) is 0 Å². The largest absolute Gasteiger partial charge is 0.573 e. The van der Waals surface area contributed by atoms with Crippen molar-refractivity contribution in [3.8, 4) is 5.75 Å². The van der Waals surface area contributed by atoms with Gasteiger partial charge in [-0.3, -0.25) is 14.5 Å². The van der Waals surface area contributed by atoms with Crippen LogP contribution in [-0.4, -0.2) is 41.0 Å². The lowest BCUT2D eigenvalue weighted by molar-refractivity contribution is -0.275. The molecule has 12 heteroatoms.